The molecule has 0 bridgehead atoms. The van der Waals surface area contributed by atoms with Gasteiger partial charge in [-0.15, -0.1) is 0 Å². The third-order valence-electron chi connectivity index (χ3n) is 3.80. The van der Waals surface area contributed by atoms with E-state index in [1.54, 1.807) is 12.1 Å². The second-order valence-corrected chi connectivity index (χ2v) is 5.89. The largest absolute Gasteiger partial charge is 0.454 e. The molecule has 0 aliphatic rings. The lowest BCUT2D eigenvalue weighted by atomic mass is 10.1. The van der Waals surface area contributed by atoms with Gasteiger partial charge in [0.25, 0.3) is 0 Å². The van der Waals surface area contributed by atoms with Crippen molar-refractivity contribution in [1.29, 1.82) is 5.26 Å². The molecule has 0 saturated carbocycles. The van der Waals surface area contributed by atoms with Gasteiger partial charge >= 0.3 is 0 Å². The lowest BCUT2D eigenvalue weighted by Crippen LogP contribution is -1.77. The van der Waals surface area contributed by atoms with Gasteiger partial charge in [0.05, 0.1) is 16.1 Å². The Kier molecular flexibility index (Phi) is 2.99. The van der Waals surface area contributed by atoms with Gasteiger partial charge in [-0.1, -0.05) is 30.3 Å². The molecule has 4 rings (SSSR count). The highest BCUT2D eigenvalue weighted by molar-refractivity contribution is 9.10. The first-order valence-electron chi connectivity index (χ1n) is 6.88. The summed E-state index contributed by atoms with van der Waals surface area (Å²) in [5.74, 6) is 0.788. The molecule has 0 unspecified atom stereocenters. The summed E-state index contributed by atoms with van der Waals surface area (Å²) in [6.07, 6.45) is 0. The van der Waals surface area contributed by atoms with E-state index in [4.69, 9.17) is 9.68 Å². The van der Waals surface area contributed by atoms with Gasteiger partial charge in [0.1, 0.15) is 11.3 Å². The summed E-state index contributed by atoms with van der Waals surface area (Å²) in [6, 6.07) is 21.9. The molecular weight excluding hydrogens is 338 g/mol. The molecule has 1 heterocycles. The van der Waals surface area contributed by atoms with Gasteiger partial charge in [0.2, 0.25) is 0 Å². The summed E-state index contributed by atoms with van der Waals surface area (Å²) in [5, 5.41) is 12.2. The van der Waals surface area contributed by atoms with Crippen molar-refractivity contribution in [1.82, 2.24) is 0 Å². The molecule has 0 saturated heterocycles. The van der Waals surface area contributed by atoms with Gasteiger partial charge in [-0.05, 0) is 51.6 Å². The second-order valence-electron chi connectivity index (χ2n) is 5.10. The predicted octanol–water partition coefficient (Wildman–Crippen LogP) is 5.89. The Hall–Kier alpha value is -2.57. The van der Waals surface area contributed by atoms with Crippen LogP contribution in [0.3, 0.4) is 0 Å². The molecular formula is C19H10BrNO. The zero-order chi connectivity index (χ0) is 15.1. The van der Waals surface area contributed by atoms with E-state index in [-0.39, 0.29) is 0 Å². The molecule has 0 N–H and O–H groups in total. The third kappa shape index (κ3) is 1.93. The van der Waals surface area contributed by atoms with Gasteiger partial charge in [-0.3, -0.25) is 0 Å². The number of nitriles is 1. The minimum absolute atomic E-state index is 0.640. The lowest BCUT2D eigenvalue weighted by Gasteiger charge is -1.98. The molecule has 0 aliphatic heterocycles. The quantitative estimate of drug-likeness (QED) is 0.430. The third-order valence-corrected chi connectivity index (χ3v) is 4.58. The number of benzene rings is 3. The second kappa shape index (κ2) is 5.01. The van der Waals surface area contributed by atoms with Crippen LogP contribution in [0, 0.1) is 11.3 Å². The Balaban J connectivity index is 2.00. The van der Waals surface area contributed by atoms with Crippen molar-refractivity contribution >= 4 is 37.7 Å². The summed E-state index contributed by atoms with van der Waals surface area (Å²) < 4.78 is 7.08. The molecule has 3 heteroatoms. The van der Waals surface area contributed by atoms with Crippen molar-refractivity contribution in [3.8, 4) is 17.4 Å². The average Bonchev–Trinajstić information content (AvgIpc) is 2.92. The number of hydrogen-bond acceptors (Lipinski definition) is 2. The molecule has 3 aromatic carbocycles. The fourth-order valence-corrected chi connectivity index (χ4v) is 3.30. The van der Waals surface area contributed by atoms with E-state index in [0.717, 1.165) is 37.5 Å². The number of halogens is 1. The highest BCUT2D eigenvalue weighted by atomic mass is 79.9. The van der Waals surface area contributed by atoms with E-state index in [0.29, 0.717) is 5.56 Å². The van der Waals surface area contributed by atoms with Crippen LogP contribution in [0.2, 0.25) is 0 Å². The minimum atomic E-state index is 0.640. The normalized spacial score (nSPS) is 10.9. The molecule has 0 fully saturated rings. The van der Waals surface area contributed by atoms with Crippen molar-refractivity contribution in [2.45, 2.75) is 0 Å². The van der Waals surface area contributed by atoms with Crippen LogP contribution < -0.4 is 0 Å². The van der Waals surface area contributed by atoms with Crippen molar-refractivity contribution in [3.63, 3.8) is 0 Å². The van der Waals surface area contributed by atoms with Gasteiger partial charge in [-0.25, -0.2) is 0 Å². The summed E-state index contributed by atoms with van der Waals surface area (Å²) >= 11 is 3.65. The Bertz CT molecular complexity index is 1040. The molecule has 104 valence electrons. The minimum Gasteiger partial charge on any atom is -0.454 e. The summed E-state index contributed by atoms with van der Waals surface area (Å²) in [6.45, 7) is 0. The van der Waals surface area contributed by atoms with Crippen LogP contribution in [0.5, 0.6) is 0 Å². The highest BCUT2D eigenvalue weighted by Gasteiger charge is 2.15. The van der Waals surface area contributed by atoms with Crippen LogP contribution in [-0.2, 0) is 0 Å². The van der Waals surface area contributed by atoms with Gasteiger partial charge in [0, 0.05) is 16.3 Å². The molecule has 0 radical (unpaired) electrons. The van der Waals surface area contributed by atoms with Crippen molar-refractivity contribution < 1.29 is 4.42 Å². The van der Waals surface area contributed by atoms with E-state index >= 15 is 0 Å². The molecule has 0 amide bonds. The zero-order valence-electron chi connectivity index (χ0n) is 11.5. The zero-order valence-corrected chi connectivity index (χ0v) is 13.1. The molecule has 22 heavy (non-hydrogen) atoms. The number of furan rings is 1. The summed E-state index contributed by atoms with van der Waals surface area (Å²) in [7, 11) is 0. The van der Waals surface area contributed by atoms with Crippen LogP contribution in [-0.4, -0.2) is 0 Å². The first kappa shape index (κ1) is 13.1. The monoisotopic (exact) mass is 347 g/mol. The van der Waals surface area contributed by atoms with Crippen LogP contribution in [0.15, 0.2) is 69.6 Å². The lowest BCUT2D eigenvalue weighted by molar-refractivity contribution is 0.633. The molecule has 0 spiro atoms. The highest BCUT2D eigenvalue weighted by Crippen LogP contribution is 2.40. The van der Waals surface area contributed by atoms with Crippen molar-refractivity contribution in [3.05, 3.63) is 70.7 Å². The Morgan fingerprint density at radius 2 is 1.64 bits per heavy atom. The standard InChI is InChI=1S/C19H10BrNO/c20-17-16-10-9-13-3-1-2-4-15(13)19(16)22-18(17)14-7-5-12(11-21)6-8-14/h1-10H. The van der Waals surface area contributed by atoms with Gasteiger partial charge < -0.3 is 4.42 Å². The molecule has 0 aliphatic carbocycles. The van der Waals surface area contributed by atoms with E-state index in [1.165, 1.54) is 0 Å². The van der Waals surface area contributed by atoms with E-state index in [1.807, 2.05) is 24.3 Å². The topological polar surface area (TPSA) is 36.9 Å². The number of nitrogens with zero attached hydrogens (tertiary/aromatic N) is 1. The maximum absolute atomic E-state index is 8.90. The maximum atomic E-state index is 8.90. The van der Waals surface area contributed by atoms with E-state index < -0.39 is 0 Å². The molecule has 1 aromatic heterocycles. The van der Waals surface area contributed by atoms with Crippen LogP contribution >= 0.6 is 15.9 Å². The van der Waals surface area contributed by atoms with Crippen LogP contribution in [0.1, 0.15) is 5.56 Å². The smallest absolute Gasteiger partial charge is 0.149 e. The van der Waals surface area contributed by atoms with Crippen LogP contribution in [0.4, 0.5) is 0 Å². The van der Waals surface area contributed by atoms with Crippen LogP contribution in [0.25, 0.3) is 33.1 Å². The average molecular weight is 348 g/mol. The van der Waals surface area contributed by atoms with Crippen molar-refractivity contribution in [2.75, 3.05) is 0 Å². The van der Waals surface area contributed by atoms with Gasteiger partial charge in [-0.2, -0.15) is 5.26 Å². The molecule has 0 atom stereocenters. The Morgan fingerprint density at radius 1 is 0.864 bits per heavy atom. The summed E-state index contributed by atoms with van der Waals surface area (Å²) in [4.78, 5) is 0. The number of hydrogen-bond donors (Lipinski definition) is 0. The van der Waals surface area contributed by atoms with Gasteiger partial charge in [0.15, 0.2) is 0 Å². The first-order chi connectivity index (χ1) is 10.8. The fraction of sp³-hybridized carbons (Fsp3) is 0. The fourth-order valence-electron chi connectivity index (χ4n) is 2.68. The Morgan fingerprint density at radius 3 is 2.41 bits per heavy atom. The number of rotatable bonds is 1. The van der Waals surface area contributed by atoms with E-state index in [9.17, 15) is 0 Å². The molecule has 4 aromatic rings. The SMILES string of the molecule is N#Cc1ccc(-c2oc3c(ccc4ccccc43)c2Br)cc1. The van der Waals surface area contributed by atoms with E-state index in [2.05, 4.69) is 46.3 Å². The Labute approximate surface area is 135 Å². The van der Waals surface area contributed by atoms with Crippen molar-refractivity contribution in [2.24, 2.45) is 0 Å². The number of fused-ring (bicyclic) bond motifs is 3. The molecule has 2 nitrogen and oxygen atoms in total. The summed E-state index contributed by atoms with van der Waals surface area (Å²) in [5.41, 5.74) is 2.47. The predicted molar refractivity (Wildman–Crippen MR) is 91.6 cm³/mol. The first-order valence-corrected chi connectivity index (χ1v) is 7.67. The maximum Gasteiger partial charge on any atom is 0.149 e.